The number of hydrogen-bond donors (Lipinski definition) is 3. The molecular weight excluding hydrogens is 172 g/mol. The lowest BCUT2D eigenvalue weighted by molar-refractivity contribution is -0.114. The monoisotopic (exact) mass is 188 g/mol. The molecule has 0 radical (unpaired) electrons. The van der Waals surface area contributed by atoms with Crippen LogP contribution in [0, 0.1) is 0 Å². The summed E-state index contributed by atoms with van der Waals surface area (Å²) >= 11 is 0. The van der Waals surface area contributed by atoms with Crippen LogP contribution < -0.4 is 5.73 Å². The Labute approximate surface area is 77.5 Å². The molecule has 0 aliphatic heterocycles. The van der Waals surface area contributed by atoms with Gasteiger partial charge in [0.05, 0.1) is 13.5 Å². The summed E-state index contributed by atoms with van der Waals surface area (Å²) in [6, 6.07) is 0. The zero-order valence-corrected chi connectivity index (χ0v) is 7.73. The normalized spacial score (nSPS) is 12.2. The molecule has 0 fully saturated rings. The van der Waals surface area contributed by atoms with Gasteiger partial charge in [0.1, 0.15) is 0 Å². The Morgan fingerprint density at radius 3 is 2.38 bits per heavy atom. The van der Waals surface area contributed by atoms with E-state index in [9.17, 15) is 4.79 Å². The van der Waals surface area contributed by atoms with Crippen molar-refractivity contribution in [3.05, 3.63) is 11.6 Å². The van der Waals surface area contributed by atoms with Crippen molar-refractivity contribution < 1.29 is 15.0 Å². The summed E-state index contributed by atoms with van der Waals surface area (Å²) in [6.07, 6.45) is 2.26. The summed E-state index contributed by atoms with van der Waals surface area (Å²) in [6.45, 7) is 1.74. The second-order valence-electron chi connectivity index (χ2n) is 2.72. The molecule has 0 atom stereocenters. The third-order valence-electron chi connectivity index (χ3n) is 1.68. The number of carbonyl (C=O) groups excluding carboxylic acids is 1. The summed E-state index contributed by atoms with van der Waals surface area (Å²) in [5.74, 6) is -0.445. The van der Waals surface area contributed by atoms with Gasteiger partial charge in [-0.2, -0.15) is 0 Å². The van der Waals surface area contributed by atoms with Crippen LogP contribution in [0.1, 0.15) is 13.3 Å². The molecule has 0 aliphatic rings. The Hall–Kier alpha value is -0.910. The Bertz CT molecular complexity index is 188. The van der Waals surface area contributed by atoms with E-state index in [0.717, 1.165) is 0 Å². The Morgan fingerprint density at radius 1 is 1.46 bits per heavy atom. The fourth-order valence-electron chi connectivity index (χ4n) is 0.750. The van der Waals surface area contributed by atoms with Gasteiger partial charge in [0.15, 0.2) is 0 Å². The maximum atomic E-state index is 10.6. The minimum atomic E-state index is -0.445. The van der Waals surface area contributed by atoms with Crippen LogP contribution in [0.15, 0.2) is 11.6 Å². The molecule has 4 N–H and O–H groups in total. The molecule has 0 aromatic rings. The van der Waals surface area contributed by atoms with Crippen molar-refractivity contribution in [2.24, 2.45) is 5.73 Å². The molecule has 0 aromatic heterocycles. The van der Waals surface area contributed by atoms with Crippen LogP contribution >= 0.6 is 0 Å². The second-order valence-corrected chi connectivity index (χ2v) is 2.72. The van der Waals surface area contributed by atoms with Crippen LogP contribution in [-0.4, -0.2) is 41.0 Å². The summed E-state index contributed by atoms with van der Waals surface area (Å²) in [7, 11) is 0. The van der Waals surface area contributed by atoms with Crippen molar-refractivity contribution in [1.29, 1.82) is 0 Å². The number of primary amides is 1. The molecule has 5 heteroatoms. The van der Waals surface area contributed by atoms with Gasteiger partial charge in [-0.3, -0.25) is 9.69 Å². The van der Waals surface area contributed by atoms with Crippen LogP contribution in [0.5, 0.6) is 0 Å². The molecular formula is C8H16N2O3. The van der Waals surface area contributed by atoms with Gasteiger partial charge in [0.2, 0.25) is 5.91 Å². The molecule has 76 valence electrons. The topological polar surface area (TPSA) is 86.8 Å². The van der Waals surface area contributed by atoms with Gasteiger partial charge >= 0.3 is 0 Å². The van der Waals surface area contributed by atoms with E-state index in [1.165, 1.54) is 4.90 Å². The summed E-state index contributed by atoms with van der Waals surface area (Å²) < 4.78 is 0. The van der Waals surface area contributed by atoms with Crippen molar-refractivity contribution in [1.82, 2.24) is 4.90 Å². The van der Waals surface area contributed by atoms with Crippen molar-refractivity contribution in [2.75, 3.05) is 20.0 Å². The quantitative estimate of drug-likeness (QED) is 0.369. The Kier molecular flexibility index (Phi) is 6.13. The van der Waals surface area contributed by atoms with E-state index in [1.807, 2.05) is 0 Å². The standard InChI is InChI=1S/C8H16N2O3/c1-7(8(9)13)3-2-4-10(5-11)6-12/h3,11-12H,2,4-6H2,1H3,(H2,9,13). The molecule has 0 saturated carbocycles. The zero-order valence-electron chi connectivity index (χ0n) is 7.73. The fraction of sp³-hybridized carbons (Fsp3) is 0.625. The van der Waals surface area contributed by atoms with Gasteiger partial charge in [-0.05, 0) is 13.3 Å². The van der Waals surface area contributed by atoms with Gasteiger partial charge in [0.25, 0.3) is 0 Å². The Balaban J connectivity index is 3.76. The van der Waals surface area contributed by atoms with E-state index < -0.39 is 5.91 Å². The number of aliphatic hydroxyl groups excluding tert-OH is 2. The van der Waals surface area contributed by atoms with Gasteiger partial charge < -0.3 is 15.9 Å². The molecule has 0 saturated heterocycles. The minimum absolute atomic E-state index is 0.194. The van der Waals surface area contributed by atoms with Gasteiger partial charge in [-0.15, -0.1) is 0 Å². The maximum Gasteiger partial charge on any atom is 0.244 e. The number of hydrogen-bond acceptors (Lipinski definition) is 4. The highest BCUT2D eigenvalue weighted by atomic mass is 16.3. The molecule has 0 rings (SSSR count). The first kappa shape index (κ1) is 12.1. The van der Waals surface area contributed by atoms with Crippen molar-refractivity contribution >= 4 is 5.91 Å². The van der Waals surface area contributed by atoms with Gasteiger partial charge in [0, 0.05) is 12.1 Å². The molecule has 0 unspecified atom stereocenters. The molecule has 13 heavy (non-hydrogen) atoms. The second kappa shape index (κ2) is 6.59. The average molecular weight is 188 g/mol. The smallest absolute Gasteiger partial charge is 0.244 e. The molecule has 0 bridgehead atoms. The van der Waals surface area contributed by atoms with Gasteiger partial charge in [-0.1, -0.05) is 6.08 Å². The highest BCUT2D eigenvalue weighted by Gasteiger charge is 2.00. The van der Waals surface area contributed by atoms with E-state index in [2.05, 4.69) is 0 Å². The van der Waals surface area contributed by atoms with Crippen LogP contribution in [0.2, 0.25) is 0 Å². The average Bonchev–Trinajstić information content (AvgIpc) is 2.12. The number of aliphatic hydroxyl groups is 2. The van der Waals surface area contributed by atoms with Crippen molar-refractivity contribution in [3.8, 4) is 0 Å². The highest BCUT2D eigenvalue weighted by Crippen LogP contribution is 1.96. The molecule has 5 nitrogen and oxygen atoms in total. The van der Waals surface area contributed by atoms with E-state index in [0.29, 0.717) is 18.5 Å². The lowest BCUT2D eigenvalue weighted by atomic mass is 10.2. The first-order valence-corrected chi connectivity index (χ1v) is 4.02. The molecule has 1 amide bonds. The zero-order chi connectivity index (χ0) is 10.3. The third kappa shape index (κ3) is 5.35. The molecule has 0 aromatic carbocycles. The van der Waals surface area contributed by atoms with Crippen LogP contribution in [0.25, 0.3) is 0 Å². The first-order chi connectivity index (χ1) is 6.11. The molecule has 0 spiro atoms. The predicted octanol–water partition coefficient (Wildman–Crippen LogP) is -0.990. The minimum Gasteiger partial charge on any atom is -0.381 e. The number of rotatable bonds is 6. The summed E-state index contributed by atoms with van der Waals surface area (Å²) in [5, 5.41) is 17.3. The number of nitrogens with zero attached hydrogens (tertiary/aromatic N) is 1. The Morgan fingerprint density at radius 2 is 2.00 bits per heavy atom. The lowest BCUT2D eigenvalue weighted by Crippen LogP contribution is -2.26. The number of carbonyl (C=O) groups is 1. The maximum absolute atomic E-state index is 10.6. The molecule has 0 heterocycles. The third-order valence-corrected chi connectivity index (χ3v) is 1.68. The number of amides is 1. The predicted molar refractivity (Wildman–Crippen MR) is 48.4 cm³/mol. The van der Waals surface area contributed by atoms with E-state index >= 15 is 0 Å². The lowest BCUT2D eigenvalue weighted by Gasteiger charge is -2.14. The summed E-state index contributed by atoms with van der Waals surface area (Å²) in [5.41, 5.74) is 5.49. The van der Waals surface area contributed by atoms with Gasteiger partial charge in [-0.25, -0.2) is 0 Å². The van der Waals surface area contributed by atoms with Crippen molar-refractivity contribution in [2.45, 2.75) is 13.3 Å². The van der Waals surface area contributed by atoms with E-state index in [1.54, 1.807) is 13.0 Å². The SMILES string of the molecule is CC(=CCCN(CO)CO)C(N)=O. The van der Waals surface area contributed by atoms with Crippen LogP contribution in [0.3, 0.4) is 0 Å². The van der Waals surface area contributed by atoms with E-state index in [-0.39, 0.29) is 13.5 Å². The van der Waals surface area contributed by atoms with E-state index in [4.69, 9.17) is 15.9 Å². The van der Waals surface area contributed by atoms with Crippen molar-refractivity contribution in [3.63, 3.8) is 0 Å². The van der Waals surface area contributed by atoms with Crippen LogP contribution in [-0.2, 0) is 4.79 Å². The van der Waals surface area contributed by atoms with Crippen LogP contribution in [0.4, 0.5) is 0 Å². The fourth-order valence-corrected chi connectivity index (χ4v) is 0.750. The number of nitrogens with two attached hydrogens (primary N) is 1. The first-order valence-electron chi connectivity index (χ1n) is 4.02. The molecule has 0 aliphatic carbocycles. The largest absolute Gasteiger partial charge is 0.381 e. The summed E-state index contributed by atoms with van der Waals surface area (Å²) in [4.78, 5) is 12.0. The highest BCUT2D eigenvalue weighted by molar-refractivity contribution is 5.91.